The van der Waals surface area contributed by atoms with Gasteiger partial charge in [-0.25, -0.2) is 4.98 Å². The average Bonchev–Trinajstić information content (AvgIpc) is 3.39. The Labute approximate surface area is 182 Å². The molecule has 3 rings (SSSR count). The number of methoxy groups -OCH3 is 1. The third-order valence-corrected chi connectivity index (χ3v) is 6.49. The van der Waals surface area contributed by atoms with E-state index in [9.17, 15) is 4.79 Å². The van der Waals surface area contributed by atoms with Gasteiger partial charge in [-0.05, 0) is 51.6 Å². The normalized spacial score (nSPS) is 11.6. The molecule has 1 aromatic carbocycles. The second-order valence-corrected chi connectivity index (χ2v) is 8.49. The van der Waals surface area contributed by atoms with E-state index in [4.69, 9.17) is 9.72 Å². The van der Waals surface area contributed by atoms with E-state index in [-0.39, 0.29) is 11.9 Å². The zero-order valence-electron chi connectivity index (χ0n) is 18.7. The summed E-state index contributed by atoms with van der Waals surface area (Å²) in [6.07, 6.45) is 1.85. The Balaban J connectivity index is 2.01. The first-order valence-electron chi connectivity index (χ1n) is 10.4. The number of amides is 1. The molecule has 2 heterocycles. The number of thiazole rings is 1. The zero-order valence-corrected chi connectivity index (χ0v) is 19.5. The predicted octanol–water partition coefficient (Wildman–Crippen LogP) is 4.38. The Morgan fingerprint density at radius 2 is 1.93 bits per heavy atom. The smallest absolute Gasteiger partial charge is 0.280 e. The predicted molar refractivity (Wildman–Crippen MR) is 123 cm³/mol. The fourth-order valence-electron chi connectivity index (χ4n) is 3.32. The second-order valence-electron chi connectivity index (χ2n) is 7.52. The highest BCUT2D eigenvalue weighted by atomic mass is 32.1. The van der Waals surface area contributed by atoms with Crippen molar-refractivity contribution in [1.29, 1.82) is 0 Å². The molecule has 0 spiro atoms. The van der Waals surface area contributed by atoms with E-state index >= 15 is 0 Å². The lowest BCUT2D eigenvalue weighted by Crippen LogP contribution is -2.39. The maximum Gasteiger partial charge on any atom is 0.280 e. The molecule has 0 N–H and O–H groups in total. The number of ether oxygens (including phenoxy) is 1. The van der Waals surface area contributed by atoms with Crippen LogP contribution in [0.4, 0.5) is 5.13 Å². The number of aryl methyl sites for hydroxylation is 1. The first kappa shape index (κ1) is 22.2. The van der Waals surface area contributed by atoms with Gasteiger partial charge in [0.15, 0.2) is 10.8 Å². The highest BCUT2D eigenvalue weighted by Crippen LogP contribution is 2.36. The van der Waals surface area contributed by atoms with Crippen LogP contribution in [0, 0.1) is 6.92 Å². The number of aromatic nitrogens is 3. The molecule has 2 aromatic heterocycles. The van der Waals surface area contributed by atoms with Gasteiger partial charge in [0.25, 0.3) is 5.91 Å². The quantitative estimate of drug-likeness (QED) is 0.505. The molecule has 8 heteroatoms. The summed E-state index contributed by atoms with van der Waals surface area (Å²) in [5.41, 5.74) is 2.35. The molecule has 162 valence electrons. The molecule has 0 unspecified atom stereocenters. The Morgan fingerprint density at radius 3 is 2.53 bits per heavy atom. The Kier molecular flexibility index (Phi) is 7.10. The van der Waals surface area contributed by atoms with E-state index in [0.717, 1.165) is 41.2 Å². The van der Waals surface area contributed by atoms with Crippen molar-refractivity contribution in [2.75, 3.05) is 38.2 Å². The number of nitrogens with zero attached hydrogens (tertiary/aromatic N) is 5. The fourth-order valence-corrected chi connectivity index (χ4v) is 4.40. The van der Waals surface area contributed by atoms with Crippen LogP contribution in [0.3, 0.4) is 0 Å². The largest absolute Gasteiger partial charge is 0.494 e. The third kappa shape index (κ3) is 4.49. The number of hydrogen-bond acceptors (Lipinski definition) is 6. The van der Waals surface area contributed by atoms with Gasteiger partial charge in [0.05, 0.1) is 11.8 Å². The van der Waals surface area contributed by atoms with Gasteiger partial charge in [-0.1, -0.05) is 31.3 Å². The van der Waals surface area contributed by atoms with Gasteiger partial charge in [-0.15, -0.1) is 0 Å². The van der Waals surface area contributed by atoms with Crippen LogP contribution in [0.2, 0.25) is 0 Å². The van der Waals surface area contributed by atoms with Crippen LogP contribution in [0.15, 0.2) is 24.4 Å². The van der Waals surface area contributed by atoms with E-state index in [1.807, 2.05) is 32.2 Å². The monoisotopic (exact) mass is 429 g/mol. The summed E-state index contributed by atoms with van der Waals surface area (Å²) in [5, 5.41) is 5.17. The van der Waals surface area contributed by atoms with Crippen LogP contribution in [0.25, 0.3) is 10.2 Å². The zero-order chi connectivity index (χ0) is 21.8. The number of benzene rings is 1. The molecule has 0 aliphatic heterocycles. The minimum absolute atomic E-state index is 0.128. The Bertz CT molecular complexity index is 1010. The van der Waals surface area contributed by atoms with Crippen LogP contribution in [0.1, 0.15) is 49.8 Å². The lowest BCUT2D eigenvalue weighted by molar-refractivity contribution is 0.0978. The van der Waals surface area contributed by atoms with Crippen molar-refractivity contribution in [3.05, 3.63) is 35.7 Å². The van der Waals surface area contributed by atoms with E-state index in [1.54, 1.807) is 22.8 Å². The number of carbonyl (C=O) groups excluding carboxylic acids is 1. The van der Waals surface area contributed by atoms with Gasteiger partial charge in [0.1, 0.15) is 11.3 Å². The molecule has 0 saturated heterocycles. The van der Waals surface area contributed by atoms with Crippen LogP contribution < -0.4 is 9.64 Å². The molecule has 0 fully saturated rings. The minimum Gasteiger partial charge on any atom is -0.494 e. The van der Waals surface area contributed by atoms with Crippen molar-refractivity contribution in [1.82, 2.24) is 19.7 Å². The highest BCUT2D eigenvalue weighted by Gasteiger charge is 2.25. The summed E-state index contributed by atoms with van der Waals surface area (Å²) in [4.78, 5) is 22.3. The summed E-state index contributed by atoms with van der Waals surface area (Å²) in [7, 11) is 1.64. The van der Waals surface area contributed by atoms with Crippen molar-refractivity contribution in [2.24, 2.45) is 0 Å². The highest BCUT2D eigenvalue weighted by molar-refractivity contribution is 7.22. The first-order chi connectivity index (χ1) is 14.4. The van der Waals surface area contributed by atoms with E-state index in [0.29, 0.717) is 17.4 Å². The van der Waals surface area contributed by atoms with Gasteiger partial charge >= 0.3 is 0 Å². The standard InChI is InChI=1S/C22H31N5O2S/c1-7-25(8-2)13-14-26(21(28)17-11-12-27(24-17)15(3)4)22-23-19-18(29-6)10-9-16(5)20(19)30-22/h9-12,15H,7-8,13-14H2,1-6H3. The van der Waals surface area contributed by atoms with Crippen molar-refractivity contribution in [2.45, 2.75) is 40.7 Å². The van der Waals surface area contributed by atoms with Gasteiger partial charge in [0, 0.05) is 25.3 Å². The molecule has 0 aliphatic rings. The van der Waals surface area contributed by atoms with E-state index in [1.165, 1.54) is 11.3 Å². The van der Waals surface area contributed by atoms with Crippen molar-refractivity contribution < 1.29 is 9.53 Å². The van der Waals surface area contributed by atoms with Gasteiger partial charge in [-0.2, -0.15) is 5.10 Å². The number of likely N-dealkylation sites (N-methyl/N-ethyl adjacent to an activating group) is 1. The second kappa shape index (κ2) is 9.57. The number of anilines is 1. The summed E-state index contributed by atoms with van der Waals surface area (Å²) < 4.78 is 8.35. The molecule has 0 bridgehead atoms. The Hall–Kier alpha value is -2.45. The molecule has 1 amide bonds. The number of carbonyl (C=O) groups is 1. The maximum atomic E-state index is 13.5. The van der Waals surface area contributed by atoms with Crippen LogP contribution in [-0.2, 0) is 0 Å². The minimum atomic E-state index is -0.128. The van der Waals surface area contributed by atoms with Crippen LogP contribution >= 0.6 is 11.3 Å². The molecule has 0 atom stereocenters. The van der Waals surface area contributed by atoms with E-state index in [2.05, 4.69) is 30.8 Å². The number of hydrogen-bond donors (Lipinski definition) is 0. The summed E-state index contributed by atoms with van der Waals surface area (Å²) >= 11 is 1.53. The first-order valence-corrected chi connectivity index (χ1v) is 11.2. The number of fused-ring (bicyclic) bond motifs is 1. The average molecular weight is 430 g/mol. The van der Waals surface area contributed by atoms with E-state index < -0.39 is 0 Å². The Morgan fingerprint density at radius 1 is 1.20 bits per heavy atom. The summed E-state index contributed by atoms with van der Waals surface area (Å²) in [6.45, 7) is 13.6. The lowest BCUT2D eigenvalue weighted by atomic mass is 10.2. The van der Waals surface area contributed by atoms with Gasteiger partial charge < -0.3 is 9.64 Å². The van der Waals surface area contributed by atoms with Crippen molar-refractivity contribution in [3.63, 3.8) is 0 Å². The summed E-state index contributed by atoms with van der Waals surface area (Å²) in [5.74, 6) is 0.593. The lowest BCUT2D eigenvalue weighted by Gasteiger charge is -2.24. The molecule has 30 heavy (non-hydrogen) atoms. The van der Waals surface area contributed by atoms with Crippen molar-refractivity contribution in [3.8, 4) is 5.75 Å². The van der Waals surface area contributed by atoms with Crippen molar-refractivity contribution >= 4 is 32.6 Å². The van der Waals surface area contributed by atoms with Crippen LogP contribution in [-0.4, -0.2) is 58.9 Å². The summed E-state index contributed by atoms with van der Waals surface area (Å²) in [6, 6.07) is 5.93. The maximum absolute atomic E-state index is 13.5. The fraction of sp³-hybridized carbons (Fsp3) is 0.500. The third-order valence-electron chi connectivity index (χ3n) is 5.28. The molecule has 7 nitrogen and oxygen atoms in total. The molecular weight excluding hydrogens is 398 g/mol. The molecular formula is C22H31N5O2S. The molecule has 0 radical (unpaired) electrons. The van der Waals surface area contributed by atoms with Crippen LogP contribution in [0.5, 0.6) is 5.75 Å². The SMILES string of the molecule is CCN(CC)CCN(C(=O)c1ccn(C(C)C)n1)c1nc2c(OC)ccc(C)c2s1. The molecule has 3 aromatic rings. The molecule has 0 saturated carbocycles. The number of rotatable bonds is 9. The molecule has 0 aliphatic carbocycles. The topological polar surface area (TPSA) is 63.5 Å². The van der Waals surface area contributed by atoms with Gasteiger partial charge in [-0.3, -0.25) is 14.4 Å². The van der Waals surface area contributed by atoms with Gasteiger partial charge in [0.2, 0.25) is 0 Å².